The zero-order valence-corrected chi connectivity index (χ0v) is 16.7. The first-order valence-electron chi connectivity index (χ1n) is 9.40. The van der Waals surface area contributed by atoms with Crippen LogP contribution in [0.2, 0.25) is 0 Å². The molecule has 0 saturated carbocycles. The van der Waals surface area contributed by atoms with Crippen LogP contribution in [0.25, 0.3) is 29.2 Å². The summed E-state index contributed by atoms with van der Waals surface area (Å²) in [6.07, 6.45) is 3.70. The van der Waals surface area contributed by atoms with E-state index in [-0.39, 0.29) is 5.75 Å². The van der Waals surface area contributed by atoms with Crippen molar-refractivity contribution in [1.82, 2.24) is 14.8 Å². The molecule has 0 radical (unpaired) electrons. The lowest BCUT2D eigenvalue weighted by Crippen LogP contribution is -1.99. The molecule has 6 heteroatoms. The molecule has 4 aromatic rings. The van der Waals surface area contributed by atoms with Crippen molar-refractivity contribution in [3.63, 3.8) is 0 Å². The van der Waals surface area contributed by atoms with E-state index in [1.807, 2.05) is 72.8 Å². The average molecular weight is 399 g/mol. The van der Waals surface area contributed by atoms with E-state index in [0.29, 0.717) is 23.0 Å². The van der Waals surface area contributed by atoms with Crippen molar-refractivity contribution < 1.29 is 14.6 Å². The van der Waals surface area contributed by atoms with E-state index in [1.54, 1.807) is 31.0 Å². The molecule has 0 aliphatic heterocycles. The van der Waals surface area contributed by atoms with Gasteiger partial charge in [-0.2, -0.15) is 0 Å². The number of ether oxygens (including phenoxy) is 2. The van der Waals surface area contributed by atoms with Gasteiger partial charge in [0.25, 0.3) is 0 Å². The molecule has 0 unspecified atom stereocenters. The minimum atomic E-state index is 0.148. The Hall–Kier alpha value is -4.06. The van der Waals surface area contributed by atoms with E-state index in [1.165, 1.54) is 0 Å². The Balaban J connectivity index is 1.77. The molecule has 0 spiro atoms. The lowest BCUT2D eigenvalue weighted by Gasteiger charge is -2.07. The zero-order chi connectivity index (χ0) is 20.9. The number of benzene rings is 3. The topological polar surface area (TPSA) is 69.4 Å². The molecular formula is C24H21N3O3. The van der Waals surface area contributed by atoms with Crippen molar-refractivity contribution >= 4 is 12.2 Å². The average Bonchev–Trinajstić information content (AvgIpc) is 3.22. The van der Waals surface area contributed by atoms with Gasteiger partial charge in [0.1, 0.15) is 17.2 Å². The summed E-state index contributed by atoms with van der Waals surface area (Å²) in [7, 11) is 3.23. The normalized spacial score (nSPS) is 11.0. The number of hydrogen-bond acceptors (Lipinski definition) is 5. The van der Waals surface area contributed by atoms with Gasteiger partial charge in [-0.15, -0.1) is 5.10 Å². The van der Waals surface area contributed by atoms with Crippen LogP contribution < -0.4 is 9.47 Å². The maximum absolute atomic E-state index is 10.3. The third kappa shape index (κ3) is 3.89. The molecule has 0 bridgehead atoms. The summed E-state index contributed by atoms with van der Waals surface area (Å²) in [5.74, 6) is 2.62. The van der Waals surface area contributed by atoms with Crippen molar-refractivity contribution in [2.45, 2.75) is 0 Å². The van der Waals surface area contributed by atoms with Crippen molar-refractivity contribution in [1.29, 1.82) is 0 Å². The number of methoxy groups -OCH3 is 2. The van der Waals surface area contributed by atoms with E-state index in [0.717, 1.165) is 17.0 Å². The van der Waals surface area contributed by atoms with Gasteiger partial charge in [0, 0.05) is 11.6 Å². The summed E-state index contributed by atoms with van der Waals surface area (Å²) < 4.78 is 12.4. The number of phenols is 1. The molecule has 30 heavy (non-hydrogen) atoms. The third-order valence-corrected chi connectivity index (χ3v) is 4.62. The van der Waals surface area contributed by atoms with Gasteiger partial charge >= 0.3 is 0 Å². The van der Waals surface area contributed by atoms with Crippen LogP contribution in [-0.2, 0) is 0 Å². The quantitative estimate of drug-likeness (QED) is 0.503. The maximum atomic E-state index is 10.3. The van der Waals surface area contributed by atoms with Crippen molar-refractivity contribution in [3.8, 4) is 34.3 Å². The van der Waals surface area contributed by atoms with Crippen LogP contribution in [0.15, 0.2) is 72.8 Å². The first-order valence-corrected chi connectivity index (χ1v) is 9.40. The summed E-state index contributed by atoms with van der Waals surface area (Å²) in [6.45, 7) is 0. The first kappa shape index (κ1) is 19.3. The minimum absolute atomic E-state index is 0.148. The summed E-state index contributed by atoms with van der Waals surface area (Å²) >= 11 is 0. The zero-order valence-electron chi connectivity index (χ0n) is 16.7. The number of rotatable bonds is 6. The van der Waals surface area contributed by atoms with Crippen LogP contribution in [0.3, 0.4) is 0 Å². The lowest BCUT2D eigenvalue weighted by molar-refractivity contribution is 0.394. The van der Waals surface area contributed by atoms with Gasteiger partial charge in [-0.3, -0.25) is 0 Å². The van der Waals surface area contributed by atoms with Crippen LogP contribution in [0.4, 0.5) is 0 Å². The molecule has 4 rings (SSSR count). The molecule has 0 amide bonds. The smallest absolute Gasteiger partial charge is 0.175 e. The Morgan fingerprint density at radius 1 is 0.867 bits per heavy atom. The van der Waals surface area contributed by atoms with Crippen molar-refractivity contribution in [2.75, 3.05) is 14.2 Å². The van der Waals surface area contributed by atoms with Gasteiger partial charge in [0.2, 0.25) is 0 Å². The van der Waals surface area contributed by atoms with Crippen LogP contribution in [-0.4, -0.2) is 34.1 Å². The van der Waals surface area contributed by atoms with Crippen LogP contribution in [0, 0.1) is 0 Å². The van der Waals surface area contributed by atoms with Gasteiger partial charge in [-0.1, -0.05) is 30.3 Å². The van der Waals surface area contributed by atoms with Crippen LogP contribution in [0.1, 0.15) is 11.4 Å². The first-order chi connectivity index (χ1) is 14.7. The van der Waals surface area contributed by atoms with Gasteiger partial charge in [-0.05, 0) is 48.6 Å². The van der Waals surface area contributed by atoms with Crippen LogP contribution in [0.5, 0.6) is 17.2 Å². The number of para-hydroxylation sites is 2. The van der Waals surface area contributed by atoms with E-state index >= 15 is 0 Å². The number of aromatic hydroxyl groups is 1. The molecule has 3 aromatic carbocycles. The highest BCUT2D eigenvalue weighted by Crippen LogP contribution is 2.30. The molecule has 150 valence electrons. The molecular weight excluding hydrogens is 378 g/mol. The summed E-state index contributed by atoms with van der Waals surface area (Å²) in [5, 5.41) is 15.0. The van der Waals surface area contributed by atoms with Crippen LogP contribution >= 0.6 is 0 Å². The highest BCUT2D eigenvalue weighted by Gasteiger charge is 2.15. The second-order valence-electron chi connectivity index (χ2n) is 6.50. The van der Waals surface area contributed by atoms with E-state index < -0.39 is 0 Å². The Morgan fingerprint density at radius 3 is 2.37 bits per heavy atom. The molecule has 0 aliphatic carbocycles. The summed E-state index contributed by atoms with van der Waals surface area (Å²) in [5.41, 5.74) is 2.33. The minimum Gasteiger partial charge on any atom is -0.507 e. The summed E-state index contributed by atoms with van der Waals surface area (Å²) in [4.78, 5) is 4.66. The molecule has 0 aliphatic rings. The Labute approximate surface area is 174 Å². The Kier molecular flexibility index (Phi) is 5.48. The molecule has 1 heterocycles. The predicted octanol–water partition coefficient (Wildman–Crippen LogP) is 4.83. The molecule has 1 N–H and O–H groups in total. The number of aromatic nitrogens is 3. The van der Waals surface area contributed by atoms with Gasteiger partial charge < -0.3 is 14.6 Å². The summed E-state index contributed by atoms with van der Waals surface area (Å²) in [6, 6.07) is 22.4. The fourth-order valence-corrected chi connectivity index (χ4v) is 3.11. The molecule has 1 aromatic heterocycles. The number of hydrogen-bond donors (Lipinski definition) is 1. The molecule has 0 saturated heterocycles. The monoisotopic (exact) mass is 399 g/mol. The van der Waals surface area contributed by atoms with E-state index in [9.17, 15) is 5.11 Å². The third-order valence-electron chi connectivity index (χ3n) is 4.62. The molecule has 6 nitrogen and oxygen atoms in total. The highest BCUT2D eigenvalue weighted by molar-refractivity contribution is 5.73. The number of phenolic OH excluding ortho intramolecular Hbond substituents is 1. The second kappa shape index (κ2) is 8.53. The fraction of sp³-hybridized carbons (Fsp3) is 0.0833. The molecule has 0 atom stereocenters. The fourth-order valence-electron chi connectivity index (χ4n) is 3.11. The Bertz CT molecular complexity index is 1180. The molecule has 0 fully saturated rings. The lowest BCUT2D eigenvalue weighted by atomic mass is 10.1. The number of nitrogens with zero attached hydrogens (tertiary/aromatic N) is 3. The highest BCUT2D eigenvalue weighted by atomic mass is 16.5. The second-order valence-corrected chi connectivity index (χ2v) is 6.50. The van der Waals surface area contributed by atoms with Gasteiger partial charge in [-0.25, -0.2) is 9.67 Å². The predicted molar refractivity (Wildman–Crippen MR) is 117 cm³/mol. The standard InChI is InChI=1S/C24H21N3O3/c1-29-19-14-12-17(22(16-19)30-2)13-15-23-25-24(20-10-6-7-11-21(20)28)27(26-23)18-8-4-3-5-9-18/h3-16,28H,1-2H3/b15-13+. The SMILES string of the molecule is COc1ccc(/C=C/c2nc(-c3ccccc3O)n(-c3ccccc3)n2)c(OC)c1. The van der Waals surface area contributed by atoms with E-state index in [2.05, 4.69) is 10.1 Å². The largest absolute Gasteiger partial charge is 0.507 e. The van der Waals surface area contributed by atoms with E-state index in [4.69, 9.17) is 9.47 Å². The maximum Gasteiger partial charge on any atom is 0.175 e. The van der Waals surface area contributed by atoms with Gasteiger partial charge in [0.05, 0.1) is 25.5 Å². The van der Waals surface area contributed by atoms with Crippen molar-refractivity contribution in [2.24, 2.45) is 0 Å². The van der Waals surface area contributed by atoms with Crippen molar-refractivity contribution in [3.05, 3.63) is 84.2 Å². The Morgan fingerprint density at radius 2 is 1.63 bits per heavy atom. The van der Waals surface area contributed by atoms with Gasteiger partial charge in [0.15, 0.2) is 11.6 Å².